The highest BCUT2D eigenvalue weighted by molar-refractivity contribution is 7.98. The molecule has 5 rings (SSSR count). The molecule has 0 fully saturated rings. The summed E-state index contributed by atoms with van der Waals surface area (Å²) >= 11 is 1.72. The summed E-state index contributed by atoms with van der Waals surface area (Å²) in [5.41, 5.74) is 6.42. The normalized spacial score (nSPS) is 14.8. The standard InChI is InChI=1S/C28H27N3OS/c1-3-20-9-4-6-11-24(20)29-28(32)31-19-22-10-5-7-12-25(22)30-18-8-13-26(30)27(31)21-14-16-23(33-2)17-15-21/h4-18,27H,3,19H2,1-2H3,(H,29,32)/t27-/m0/s1. The number of rotatable bonds is 4. The molecule has 2 amide bonds. The SMILES string of the molecule is CCc1ccccc1NC(=O)N1Cc2ccccc2-n2cccc2[C@@H]1c1ccc(SC)cc1. The molecule has 33 heavy (non-hydrogen) atoms. The number of hydrogen-bond donors (Lipinski definition) is 1. The summed E-state index contributed by atoms with van der Waals surface area (Å²) in [5.74, 6) is 0. The molecule has 0 saturated heterocycles. The van der Waals surface area contributed by atoms with Crippen molar-refractivity contribution in [1.82, 2.24) is 9.47 Å². The van der Waals surface area contributed by atoms with Gasteiger partial charge >= 0.3 is 6.03 Å². The second-order valence-electron chi connectivity index (χ2n) is 8.18. The summed E-state index contributed by atoms with van der Waals surface area (Å²) in [5, 5.41) is 3.21. The number of carbonyl (C=O) groups excluding carboxylic acids is 1. The average molecular weight is 454 g/mol. The van der Waals surface area contributed by atoms with E-state index in [0.717, 1.165) is 40.2 Å². The molecule has 1 atom stereocenters. The number of thioether (sulfide) groups is 1. The third-order valence-electron chi connectivity index (χ3n) is 6.30. The Morgan fingerprint density at radius 2 is 1.73 bits per heavy atom. The lowest BCUT2D eigenvalue weighted by atomic mass is 10.0. The quantitative estimate of drug-likeness (QED) is 0.341. The van der Waals surface area contributed by atoms with Gasteiger partial charge < -0.3 is 14.8 Å². The Labute approximate surface area is 199 Å². The minimum absolute atomic E-state index is 0.0979. The Balaban J connectivity index is 1.62. The smallest absolute Gasteiger partial charge is 0.318 e. The molecule has 4 aromatic rings. The number of para-hydroxylation sites is 2. The van der Waals surface area contributed by atoms with Crippen LogP contribution in [0, 0.1) is 0 Å². The fraction of sp³-hybridized carbons (Fsp3) is 0.179. The van der Waals surface area contributed by atoms with E-state index in [1.54, 1.807) is 11.8 Å². The van der Waals surface area contributed by atoms with Crippen LogP contribution in [0.5, 0.6) is 0 Å². The molecule has 1 aliphatic heterocycles. The number of aromatic nitrogens is 1. The summed E-state index contributed by atoms with van der Waals surface area (Å²) < 4.78 is 2.22. The zero-order chi connectivity index (χ0) is 22.8. The zero-order valence-electron chi connectivity index (χ0n) is 18.9. The summed E-state index contributed by atoms with van der Waals surface area (Å²) in [4.78, 5) is 17.0. The lowest BCUT2D eigenvalue weighted by molar-refractivity contribution is 0.194. The molecule has 1 N–H and O–H groups in total. The Bertz CT molecular complexity index is 1280. The fourth-order valence-corrected chi connectivity index (χ4v) is 5.02. The molecule has 3 aromatic carbocycles. The van der Waals surface area contributed by atoms with Crippen molar-refractivity contribution in [3.8, 4) is 5.69 Å². The first-order chi connectivity index (χ1) is 16.2. The molecule has 2 heterocycles. The van der Waals surface area contributed by atoms with Crippen LogP contribution < -0.4 is 5.32 Å². The minimum Gasteiger partial charge on any atom is -0.318 e. The Kier molecular flexibility index (Phi) is 5.97. The molecule has 1 aromatic heterocycles. The van der Waals surface area contributed by atoms with Gasteiger partial charge in [0.05, 0.1) is 18.3 Å². The minimum atomic E-state index is -0.211. The third kappa shape index (κ3) is 4.05. The summed E-state index contributed by atoms with van der Waals surface area (Å²) in [6, 6.07) is 28.8. The summed E-state index contributed by atoms with van der Waals surface area (Å²) in [7, 11) is 0. The maximum atomic E-state index is 13.8. The lowest BCUT2D eigenvalue weighted by Gasteiger charge is -2.31. The van der Waals surface area contributed by atoms with Crippen LogP contribution in [0.4, 0.5) is 10.5 Å². The molecule has 0 radical (unpaired) electrons. The van der Waals surface area contributed by atoms with E-state index in [4.69, 9.17) is 0 Å². The highest BCUT2D eigenvalue weighted by Crippen LogP contribution is 2.37. The first kappa shape index (κ1) is 21.4. The molecule has 5 heteroatoms. The number of amides is 2. The summed E-state index contributed by atoms with van der Waals surface area (Å²) in [6.07, 6.45) is 5.03. The van der Waals surface area contributed by atoms with Crippen molar-refractivity contribution >= 4 is 23.5 Å². The van der Waals surface area contributed by atoms with Gasteiger partial charge in [-0.1, -0.05) is 55.5 Å². The fourth-order valence-electron chi connectivity index (χ4n) is 4.61. The van der Waals surface area contributed by atoms with Crippen molar-refractivity contribution in [3.63, 3.8) is 0 Å². The van der Waals surface area contributed by atoms with E-state index < -0.39 is 0 Å². The topological polar surface area (TPSA) is 37.3 Å². The van der Waals surface area contributed by atoms with E-state index in [9.17, 15) is 4.79 Å². The Morgan fingerprint density at radius 1 is 0.970 bits per heavy atom. The van der Waals surface area contributed by atoms with Crippen molar-refractivity contribution in [2.75, 3.05) is 11.6 Å². The molecule has 0 bridgehead atoms. The molecule has 0 spiro atoms. The molecular formula is C28H27N3OS. The van der Waals surface area contributed by atoms with Crippen LogP contribution in [0.2, 0.25) is 0 Å². The van der Waals surface area contributed by atoms with Crippen molar-refractivity contribution < 1.29 is 4.79 Å². The average Bonchev–Trinajstić information content (AvgIpc) is 3.28. The number of carbonyl (C=O) groups is 1. The van der Waals surface area contributed by atoms with E-state index >= 15 is 0 Å². The number of anilines is 1. The second-order valence-corrected chi connectivity index (χ2v) is 9.06. The van der Waals surface area contributed by atoms with Gasteiger partial charge in [0, 0.05) is 22.5 Å². The van der Waals surface area contributed by atoms with Gasteiger partial charge in [-0.15, -0.1) is 11.8 Å². The molecular weight excluding hydrogens is 426 g/mol. The number of aryl methyl sites for hydroxylation is 1. The monoisotopic (exact) mass is 453 g/mol. The van der Waals surface area contributed by atoms with E-state index in [-0.39, 0.29) is 12.1 Å². The second kappa shape index (κ2) is 9.20. The van der Waals surface area contributed by atoms with Crippen LogP contribution in [0.3, 0.4) is 0 Å². The first-order valence-corrected chi connectivity index (χ1v) is 12.5. The van der Waals surface area contributed by atoms with Crippen LogP contribution in [0.25, 0.3) is 5.69 Å². The Hall–Kier alpha value is -3.44. The molecule has 0 saturated carbocycles. The predicted molar refractivity (Wildman–Crippen MR) is 136 cm³/mol. The molecule has 0 unspecified atom stereocenters. The number of urea groups is 1. The number of hydrogen-bond acceptors (Lipinski definition) is 2. The van der Waals surface area contributed by atoms with E-state index in [2.05, 4.69) is 89.9 Å². The van der Waals surface area contributed by atoms with Crippen molar-refractivity contribution in [3.05, 3.63) is 114 Å². The van der Waals surface area contributed by atoms with Gasteiger partial charge in [-0.3, -0.25) is 0 Å². The van der Waals surface area contributed by atoms with Crippen molar-refractivity contribution in [2.24, 2.45) is 0 Å². The van der Waals surface area contributed by atoms with Gasteiger partial charge in [0.1, 0.15) is 0 Å². The van der Waals surface area contributed by atoms with Crippen LogP contribution in [0.15, 0.2) is 96.0 Å². The van der Waals surface area contributed by atoms with Crippen LogP contribution >= 0.6 is 11.8 Å². The largest absolute Gasteiger partial charge is 0.322 e. The van der Waals surface area contributed by atoms with Gasteiger partial charge in [-0.05, 0) is 65.8 Å². The first-order valence-electron chi connectivity index (χ1n) is 11.2. The summed E-state index contributed by atoms with van der Waals surface area (Å²) in [6.45, 7) is 2.63. The maximum Gasteiger partial charge on any atom is 0.322 e. The van der Waals surface area contributed by atoms with Gasteiger partial charge in [0.25, 0.3) is 0 Å². The number of fused-ring (bicyclic) bond motifs is 3. The predicted octanol–water partition coefficient (Wildman–Crippen LogP) is 6.90. The number of nitrogens with zero attached hydrogens (tertiary/aromatic N) is 2. The maximum absolute atomic E-state index is 13.8. The van der Waals surface area contributed by atoms with Gasteiger partial charge in [-0.25, -0.2) is 4.79 Å². The molecule has 166 valence electrons. The highest BCUT2D eigenvalue weighted by atomic mass is 32.2. The number of benzene rings is 3. The zero-order valence-corrected chi connectivity index (χ0v) is 19.7. The molecule has 0 aliphatic carbocycles. The van der Waals surface area contributed by atoms with Gasteiger partial charge in [0.2, 0.25) is 0 Å². The van der Waals surface area contributed by atoms with Crippen LogP contribution in [-0.4, -0.2) is 21.8 Å². The van der Waals surface area contributed by atoms with Crippen molar-refractivity contribution in [2.45, 2.75) is 30.8 Å². The number of nitrogens with one attached hydrogen (secondary N) is 1. The molecule has 1 aliphatic rings. The van der Waals surface area contributed by atoms with Crippen LogP contribution in [0.1, 0.15) is 35.3 Å². The van der Waals surface area contributed by atoms with Crippen LogP contribution in [-0.2, 0) is 13.0 Å². The lowest BCUT2D eigenvalue weighted by Crippen LogP contribution is -2.38. The molecule has 4 nitrogen and oxygen atoms in total. The third-order valence-corrected chi connectivity index (χ3v) is 7.04. The highest BCUT2D eigenvalue weighted by Gasteiger charge is 2.33. The van der Waals surface area contributed by atoms with Crippen molar-refractivity contribution in [1.29, 1.82) is 0 Å². The van der Waals surface area contributed by atoms with E-state index in [1.165, 1.54) is 4.90 Å². The van der Waals surface area contributed by atoms with E-state index in [1.807, 2.05) is 29.2 Å². The van der Waals surface area contributed by atoms with Gasteiger partial charge in [-0.2, -0.15) is 0 Å². The van der Waals surface area contributed by atoms with E-state index in [0.29, 0.717) is 6.54 Å². The van der Waals surface area contributed by atoms with Gasteiger partial charge in [0.15, 0.2) is 0 Å². The Morgan fingerprint density at radius 3 is 2.52 bits per heavy atom.